The van der Waals surface area contributed by atoms with Crippen molar-refractivity contribution in [1.82, 2.24) is 14.9 Å². The van der Waals surface area contributed by atoms with E-state index in [1.165, 1.54) is 6.07 Å². The predicted molar refractivity (Wildman–Crippen MR) is 100 cm³/mol. The largest absolute Gasteiger partial charge is 0.350 e. The monoisotopic (exact) mass is 374 g/mol. The predicted octanol–water partition coefficient (Wildman–Crippen LogP) is 3.34. The van der Waals surface area contributed by atoms with Gasteiger partial charge in [-0.1, -0.05) is 29.8 Å². The molecule has 0 radical (unpaired) electrons. The maximum absolute atomic E-state index is 14.2. The molecule has 0 spiro atoms. The first kappa shape index (κ1) is 18.4. The van der Waals surface area contributed by atoms with Gasteiger partial charge in [0.25, 0.3) is 0 Å². The molecular formula is C19H20ClFN4O. The fraction of sp³-hybridized carbons (Fsp3) is 0.263. The van der Waals surface area contributed by atoms with Crippen LogP contribution in [-0.2, 0) is 23.4 Å². The molecule has 0 aliphatic carbocycles. The summed E-state index contributed by atoms with van der Waals surface area (Å²) in [6, 6.07) is 10.2. The highest BCUT2D eigenvalue weighted by Crippen LogP contribution is 2.23. The summed E-state index contributed by atoms with van der Waals surface area (Å²) in [6.45, 7) is 3.79. The molecule has 1 aromatic heterocycles. The summed E-state index contributed by atoms with van der Waals surface area (Å²) in [5, 5.41) is 3.32. The Kier molecular flexibility index (Phi) is 4.98. The Bertz CT molecular complexity index is 962. The molecule has 0 saturated heterocycles. The van der Waals surface area contributed by atoms with Gasteiger partial charge in [0.05, 0.1) is 22.4 Å². The minimum atomic E-state index is -0.756. The van der Waals surface area contributed by atoms with E-state index in [9.17, 15) is 9.18 Å². The van der Waals surface area contributed by atoms with Crippen molar-refractivity contribution in [3.8, 4) is 0 Å². The quantitative estimate of drug-likeness (QED) is 0.719. The van der Waals surface area contributed by atoms with Crippen LogP contribution in [-0.4, -0.2) is 15.5 Å². The van der Waals surface area contributed by atoms with Gasteiger partial charge >= 0.3 is 0 Å². The number of nitrogens with zero attached hydrogens (tertiary/aromatic N) is 2. The van der Waals surface area contributed by atoms with E-state index in [4.69, 9.17) is 17.3 Å². The second kappa shape index (κ2) is 7.05. The minimum absolute atomic E-state index is 0.0800. The Labute approximate surface area is 156 Å². The molecule has 0 aliphatic rings. The van der Waals surface area contributed by atoms with Crippen LogP contribution in [0.3, 0.4) is 0 Å². The number of benzene rings is 2. The zero-order valence-electron chi connectivity index (χ0n) is 14.6. The smallest absolute Gasteiger partial charge is 0.240 e. The van der Waals surface area contributed by atoms with Gasteiger partial charge in [0.1, 0.15) is 12.4 Å². The van der Waals surface area contributed by atoms with E-state index in [0.29, 0.717) is 21.7 Å². The average Bonchev–Trinajstić information content (AvgIpc) is 2.96. The van der Waals surface area contributed by atoms with Crippen molar-refractivity contribution >= 4 is 28.5 Å². The maximum Gasteiger partial charge on any atom is 0.240 e. The van der Waals surface area contributed by atoms with Crippen molar-refractivity contribution in [2.45, 2.75) is 32.5 Å². The summed E-state index contributed by atoms with van der Waals surface area (Å²) in [6.07, 6.45) is 1.58. The number of amides is 1. The third-order valence-corrected chi connectivity index (χ3v) is 4.43. The van der Waals surface area contributed by atoms with E-state index in [0.717, 1.165) is 5.52 Å². The molecule has 3 aromatic rings. The van der Waals surface area contributed by atoms with E-state index in [1.807, 2.05) is 12.1 Å². The number of nitrogens with one attached hydrogen (secondary N) is 1. The van der Waals surface area contributed by atoms with E-state index < -0.39 is 5.54 Å². The van der Waals surface area contributed by atoms with Crippen LogP contribution in [0.5, 0.6) is 0 Å². The van der Waals surface area contributed by atoms with Crippen LogP contribution in [0.1, 0.15) is 25.0 Å². The first-order valence-corrected chi connectivity index (χ1v) is 8.57. The van der Waals surface area contributed by atoms with Gasteiger partial charge in [0.15, 0.2) is 0 Å². The zero-order chi connectivity index (χ0) is 18.9. The van der Waals surface area contributed by atoms with E-state index in [2.05, 4.69) is 10.3 Å². The van der Waals surface area contributed by atoms with Gasteiger partial charge in [-0.25, -0.2) is 9.37 Å². The molecule has 0 saturated carbocycles. The molecular weight excluding hydrogens is 355 g/mol. The van der Waals surface area contributed by atoms with Crippen molar-refractivity contribution in [3.05, 3.63) is 64.7 Å². The van der Waals surface area contributed by atoms with Crippen molar-refractivity contribution in [2.24, 2.45) is 5.73 Å². The van der Waals surface area contributed by atoms with Crippen molar-refractivity contribution in [1.29, 1.82) is 0 Å². The lowest BCUT2D eigenvalue weighted by Crippen LogP contribution is -2.30. The number of hydrogen-bond donors (Lipinski definition) is 2. The molecule has 7 heteroatoms. The third-order valence-electron chi connectivity index (χ3n) is 4.12. The zero-order valence-corrected chi connectivity index (χ0v) is 15.3. The molecule has 3 N–H and O–H groups in total. The minimum Gasteiger partial charge on any atom is -0.350 e. The van der Waals surface area contributed by atoms with E-state index in [-0.39, 0.29) is 24.8 Å². The molecule has 26 heavy (non-hydrogen) atoms. The molecule has 1 amide bonds. The first-order valence-electron chi connectivity index (χ1n) is 8.19. The molecule has 0 bridgehead atoms. The Morgan fingerprint density at radius 1 is 1.35 bits per heavy atom. The Balaban J connectivity index is 1.67. The molecule has 2 aromatic carbocycles. The normalized spacial score (nSPS) is 11.7. The van der Waals surface area contributed by atoms with Crippen molar-refractivity contribution < 1.29 is 9.18 Å². The number of carbonyl (C=O) groups is 1. The molecule has 0 aliphatic heterocycles. The van der Waals surface area contributed by atoms with Gasteiger partial charge in [-0.05, 0) is 37.6 Å². The molecule has 0 fully saturated rings. The number of halogens is 2. The summed E-state index contributed by atoms with van der Waals surface area (Å²) in [7, 11) is 0. The van der Waals surface area contributed by atoms with Gasteiger partial charge in [0.2, 0.25) is 5.91 Å². The summed E-state index contributed by atoms with van der Waals surface area (Å²) in [4.78, 5) is 16.5. The second-order valence-electron chi connectivity index (χ2n) is 6.79. The highest BCUT2D eigenvalue weighted by molar-refractivity contribution is 6.35. The number of imidazole rings is 1. The van der Waals surface area contributed by atoms with Crippen LogP contribution in [0, 0.1) is 5.82 Å². The van der Waals surface area contributed by atoms with Gasteiger partial charge in [-0.3, -0.25) is 4.79 Å². The summed E-state index contributed by atoms with van der Waals surface area (Å²) in [5.74, 6) is -0.593. The van der Waals surface area contributed by atoms with Gasteiger partial charge in [0, 0.05) is 17.6 Å². The number of carbonyl (C=O) groups excluding carboxylic acids is 1. The van der Waals surface area contributed by atoms with E-state index >= 15 is 0 Å². The molecule has 0 atom stereocenters. The van der Waals surface area contributed by atoms with Crippen LogP contribution in [0.4, 0.5) is 4.39 Å². The molecule has 1 heterocycles. The van der Waals surface area contributed by atoms with Crippen LogP contribution >= 0.6 is 11.6 Å². The summed E-state index contributed by atoms with van der Waals surface area (Å²) < 4.78 is 15.9. The number of fused-ring (bicyclic) bond motifs is 1. The standard InChI is InChI=1S/C19H20ClFN4O/c1-19(2,22)13-7-6-12(8-15(13)21)9-23-17(26)10-25-11-24-16-5-3-4-14(20)18(16)25/h3-8,11H,9-10,22H2,1-2H3,(H,23,26). The number of para-hydroxylation sites is 1. The molecule has 3 rings (SSSR count). The SMILES string of the molecule is CC(C)(N)c1ccc(CNC(=O)Cn2cnc3cccc(Cl)c32)cc1F. The van der Waals surface area contributed by atoms with E-state index in [1.54, 1.807) is 42.9 Å². The Morgan fingerprint density at radius 2 is 2.12 bits per heavy atom. The lowest BCUT2D eigenvalue weighted by Gasteiger charge is -2.20. The molecule has 0 unspecified atom stereocenters. The lowest BCUT2D eigenvalue weighted by molar-refractivity contribution is -0.121. The maximum atomic E-state index is 14.2. The highest BCUT2D eigenvalue weighted by atomic mass is 35.5. The second-order valence-corrected chi connectivity index (χ2v) is 7.20. The number of hydrogen-bond acceptors (Lipinski definition) is 3. The first-order chi connectivity index (χ1) is 12.3. The van der Waals surface area contributed by atoms with Gasteiger partial charge < -0.3 is 15.6 Å². The topological polar surface area (TPSA) is 72.9 Å². The number of aromatic nitrogens is 2. The summed E-state index contributed by atoms with van der Waals surface area (Å²) >= 11 is 6.18. The van der Waals surface area contributed by atoms with Crippen LogP contribution in [0.25, 0.3) is 11.0 Å². The molecule has 136 valence electrons. The number of rotatable bonds is 5. The van der Waals surface area contributed by atoms with Gasteiger partial charge in [-0.15, -0.1) is 0 Å². The average molecular weight is 375 g/mol. The third kappa shape index (κ3) is 3.86. The van der Waals surface area contributed by atoms with Crippen LogP contribution in [0.15, 0.2) is 42.7 Å². The van der Waals surface area contributed by atoms with Crippen LogP contribution in [0.2, 0.25) is 5.02 Å². The fourth-order valence-electron chi connectivity index (χ4n) is 2.80. The Hall–Kier alpha value is -2.44. The van der Waals surface area contributed by atoms with Gasteiger partial charge in [-0.2, -0.15) is 0 Å². The number of nitrogens with two attached hydrogens (primary N) is 1. The molecule has 5 nitrogen and oxygen atoms in total. The van der Waals surface area contributed by atoms with Crippen molar-refractivity contribution in [2.75, 3.05) is 0 Å². The summed E-state index contributed by atoms with van der Waals surface area (Å²) in [5.41, 5.74) is 7.72. The lowest BCUT2D eigenvalue weighted by atomic mass is 9.94. The van der Waals surface area contributed by atoms with Crippen LogP contribution < -0.4 is 11.1 Å². The highest BCUT2D eigenvalue weighted by Gasteiger charge is 2.19. The Morgan fingerprint density at radius 3 is 2.81 bits per heavy atom. The fourth-order valence-corrected chi connectivity index (χ4v) is 3.08. The van der Waals surface area contributed by atoms with Crippen molar-refractivity contribution in [3.63, 3.8) is 0 Å².